The Kier molecular flexibility index (Phi) is 5.10. The highest BCUT2D eigenvalue weighted by Crippen LogP contribution is 2.24. The zero-order chi connectivity index (χ0) is 18.0. The molecule has 8 heteroatoms. The minimum absolute atomic E-state index is 0.103. The number of carbonyl (C=O) groups excluding carboxylic acids is 1. The van der Waals surface area contributed by atoms with Gasteiger partial charge in [0.15, 0.2) is 0 Å². The van der Waals surface area contributed by atoms with Crippen molar-refractivity contribution in [2.45, 2.75) is 44.7 Å². The van der Waals surface area contributed by atoms with Crippen molar-refractivity contribution in [3.8, 4) is 0 Å². The van der Waals surface area contributed by atoms with Crippen LogP contribution in [-0.4, -0.2) is 41.9 Å². The van der Waals surface area contributed by atoms with Crippen molar-refractivity contribution >= 4 is 32.5 Å². The van der Waals surface area contributed by atoms with E-state index in [4.69, 9.17) is 10.7 Å². The predicted octanol–water partition coefficient (Wildman–Crippen LogP) is 1.46. The fourth-order valence-corrected chi connectivity index (χ4v) is 3.82. The number of rotatable bonds is 5. The second-order valence-electron chi connectivity index (χ2n) is 6.71. The number of sulfone groups is 1. The number of fused-ring (bicyclic) bond motifs is 3. The van der Waals surface area contributed by atoms with Crippen molar-refractivity contribution in [3.05, 3.63) is 24.0 Å². The average molecular weight is 364 g/mol. The first-order valence-electron chi connectivity index (χ1n) is 8.57. The van der Waals surface area contributed by atoms with Crippen LogP contribution in [0.2, 0.25) is 0 Å². The second-order valence-corrected chi connectivity index (χ2v) is 8.97. The number of carbonyl (C=O) groups is 1. The minimum atomic E-state index is -3.13. The molecule has 136 valence electrons. The van der Waals surface area contributed by atoms with E-state index in [-0.39, 0.29) is 18.1 Å². The maximum Gasteiger partial charge on any atom is 0.241 e. The Hall–Kier alpha value is -1.93. The number of imidazole rings is 1. The molecule has 1 aromatic carbocycles. The van der Waals surface area contributed by atoms with Gasteiger partial charge in [0, 0.05) is 24.9 Å². The van der Waals surface area contributed by atoms with Gasteiger partial charge in [-0.15, -0.1) is 0 Å². The lowest BCUT2D eigenvalue weighted by Crippen LogP contribution is -2.37. The normalized spacial score (nSPS) is 16.2. The number of nitrogens with zero attached hydrogens (tertiary/aromatic N) is 2. The number of aromatic nitrogens is 2. The van der Waals surface area contributed by atoms with Crippen LogP contribution in [0.25, 0.3) is 11.0 Å². The number of amides is 1. The third-order valence-electron chi connectivity index (χ3n) is 4.51. The molecule has 0 saturated heterocycles. The van der Waals surface area contributed by atoms with Gasteiger partial charge in [-0.3, -0.25) is 4.79 Å². The van der Waals surface area contributed by atoms with E-state index >= 15 is 0 Å². The SMILES string of the molecule is CS(=O)(=O)CCC(N)C(=O)Nc1ccc2c(c1)nc1n2CCCCC1. The van der Waals surface area contributed by atoms with Crippen LogP contribution in [0.1, 0.15) is 31.5 Å². The van der Waals surface area contributed by atoms with Crippen LogP contribution in [-0.2, 0) is 27.6 Å². The largest absolute Gasteiger partial charge is 0.328 e. The Morgan fingerprint density at radius 3 is 2.92 bits per heavy atom. The van der Waals surface area contributed by atoms with E-state index in [1.165, 1.54) is 6.42 Å². The zero-order valence-electron chi connectivity index (χ0n) is 14.4. The number of hydrogen-bond acceptors (Lipinski definition) is 5. The van der Waals surface area contributed by atoms with Crippen LogP contribution in [0.3, 0.4) is 0 Å². The molecular formula is C17H24N4O3S. The topological polar surface area (TPSA) is 107 Å². The molecule has 1 aliphatic rings. The lowest BCUT2D eigenvalue weighted by Gasteiger charge is -2.12. The van der Waals surface area contributed by atoms with Gasteiger partial charge in [-0.25, -0.2) is 13.4 Å². The van der Waals surface area contributed by atoms with Crippen molar-refractivity contribution in [1.82, 2.24) is 9.55 Å². The second kappa shape index (κ2) is 7.13. The summed E-state index contributed by atoms with van der Waals surface area (Å²) in [4.78, 5) is 16.8. The fraction of sp³-hybridized carbons (Fsp3) is 0.529. The van der Waals surface area contributed by atoms with Crippen molar-refractivity contribution in [2.75, 3.05) is 17.3 Å². The van der Waals surface area contributed by atoms with Crippen molar-refractivity contribution in [2.24, 2.45) is 5.73 Å². The summed E-state index contributed by atoms with van der Waals surface area (Å²) in [5.74, 6) is 0.610. The van der Waals surface area contributed by atoms with Crippen LogP contribution >= 0.6 is 0 Å². The van der Waals surface area contributed by atoms with E-state index in [0.717, 1.165) is 48.9 Å². The van der Waals surface area contributed by atoms with Crippen molar-refractivity contribution in [1.29, 1.82) is 0 Å². The highest BCUT2D eigenvalue weighted by molar-refractivity contribution is 7.90. The molecule has 0 radical (unpaired) electrons. The summed E-state index contributed by atoms with van der Waals surface area (Å²) in [5, 5.41) is 2.75. The summed E-state index contributed by atoms with van der Waals surface area (Å²) >= 11 is 0. The summed E-state index contributed by atoms with van der Waals surface area (Å²) in [7, 11) is -3.13. The first-order chi connectivity index (χ1) is 11.8. The van der Waals surface area contributed by atoms with E-state index in [1.807, 2.05) is 18.2 Å². The molecule has 0 fully saturated rings. The molecule has 0 spiro atoms. The lowest BCUT2D eigenvalue weighted by molar-refractivity contribution is -0.117. The van der Waals surface area contributed by atoms with Crippen LogP contribution in [0.4, 0.5) is 5.69 Å². The predicted molar refractivity (Wildman–Crippen MR) is 98.2 cm³/mol. The number of nitrogens with two attached hydrogens (primary N) is 1. The van der Waals surface area contributed by atoms with Crippen LogP contribution in [0.5, 0.6) is 0 Å². The van der Waals surface area contributed by atoms with E-state index in [0.29, 0.717) is 5.69 Å². The highest BCUT2D eigenvalue weighted by atomic mass is 32.2. The molecule has 25 heavy (non-hydrogen) atoms. The molecule has 1 unspecified atom stereocenters. The molecular weight excluding hydrogens is 340 g/mol. The number of nitrogens with one attached hydrogen (secondary N) is 1. The molecule has 1 amide bonds. The van der Waals surface area contributed by atoms with Crippen LogP contribution in [0.15, 0.2) is 18.2 Å². The Balaban J connectivity index is 1.73. The third kappa shape index (κ3) is 4.38. The monoisotopic (exact) mass is 364 g/mol. The van der Waals surface area contributed by atoms with Gasteiger partial charge in [0.05, 0.1) is 22.8 Å². The van der Waals surface area contributed by atoms with E-state index in [9.17, 15) is 13.2 Å². The van der Waals surface area contributed by atoms with Gasteiger partial charge in [0.25, 0.3) is 0 Å². The molecule has 2 heterocycles. The minimum Gasteiger partial charge on any atom is -0.328 e. The van der Waals surface area contributed by atoms with Gasteiger partial charge in [0.2, 0.25) is 5.91 Å². The standard InChI is InChI=1S/C17H24N4O3S/c1-25(23,24)10-8-13(18)17(22)19-12-6-7-15-14(11-12)20-16-5-3-2-4-9-21(15)16/h6-7,11,13H,2-5,8-10,18H2,1H3,(H,19,22). The smallest absolute Gasteiger partial charge is 0.241 e. The lowest BCUT2D eigenvalue weighted by atomic mass is 10.2. The maximum atomic E-state index is 12.1. The molecule has 3 N–H and O–H groups in total. The molecule has 1 aromatic heterocycles. The highest BCUT2D eigenvalue weighted by Gasteiger charge is 2.18. The summed E-state index contributed by atoms with van der Waals surface area (Å²) in [5.41, 5.74) is 8.35. The molecule has 0 saturated carbocycles. The quantitative estimate of drug-likeness (QED) is 0.835. The summed E-state index contributed by atoms with van der Waals surface area (Å²) in [6, 6.07) is 4.79. The molecule has 3 rings (SSSR count). The average Bonchev–Trinajstić information content (AvgIpc) is 2.72. The van der Waals surface area contributed by atoms with Crippen molar-refractivity contribution in [3.63, 3.8) is 0 Å². The Labute approximate surface area is 147 Å². The molecule has 0 aliphatic carbocycles. The number of hydrogen-bond donors (Lipinski definition) is 2. The maximum absolute atomic E-state index is 12.1. The number of aryl methyl sites for hydroxylation is 2. The zero-order valence-corrected chi connectivity index (χ0v) is 15.2. The van der Waals surface area contributed by atoms with E-state index in [2.05, 4.69) is 9.88 Å². The molecule has 2 aromatic rings. The summed E-state index contributed by atoms with van der Waals surface area (Å²) in [6.45, 7) is 0.980. The van der Waals surface area contributed by atoms with Gasteiger partial charge >= 0.3 is 0 Å². The number of anilines is 1. The Morgan fingerprint density at radius 1 is 1.36 bits per heavy atom. The van der Waals surface area contributed by atoms with Crippen LogP contribution in [0, 0.1) is 0 Å². The van der Waals surface area contributed by atoms with Gasteiger partial charge in [-0.2, -0.15) is 0 Å². The van der Waals surface area contributed by atoms with E-state index in [1.54, 1.807) is 0 Å². The summed E-state index contributed by atoms with van der Waals surface area (Å²) in [6.07, 6.45) is 5.76. The molecule has 0 bridgehead atoms. The van der Waals surface area contributed by atoms with Gasteiger partial charge in [0.1, 0.15) is 15.7 Å². The van der Waals surface area contributed by atoms with Gasteiger partial charge in [-0.1, -0.05) is 6.42 Å². The first-order valence-corrected chi connectivity index (χ1v) is 10.6. The molecule has 1 aliphatic heterocycles. The summed E-state index contributed by atoms with van der Waals surface area (Å²) < 4.78 is 24.6. The Bertz CT molecular complexity index is 889. The molecule has 1 atom stereocenters. The van der Waals surface area contributed by atoms with Gasteiger partial charge < -0.3 is 15.6 Å². The third-order valence-corrected chi connectivity index (χ3v) is 5.49. The first kappa shape index (κ1) is 17.9. The van der Waals surface area contributed by atoms with Crippen LogP contribution < -0.4 is 11.1 Å². The van der Waals surface area contributed by atoms with E-state index < -0.39 is 15.9 Å². The van der Waals surface area contributed by atoms with Crippen molar-refractivity contribution < 1.29 is 13.2 Å². The Morgan fingerprint density at radius 2 is 2.16 bits per heavy atom. The fourth-order valence-electron chi connectivity index (χ4n) is 3.13. The number of benzene rings is 1. The van der Waals surface area contributed by atoms with Gasteiger partial charge in [-0.05, 0) is 37.5 Å². The molecule has 7 nitrogen and oxygen atoms in total.